The third kappa shape index (κ3) is 3.66. The van der Waals surface area contributed by atoms with Crippen molar-refractivity contribution in [1.82, 2.24) is 30.8 Å². The number of H-pyrrole nitrogens is 2. The van der Waals surface area contributed by atoms with Gasteiger partial charge in [0.25, 0.3) is 0 Å². The summed E-state index contributed by atoms with van der Waals surface area (Å²) in [6.07, 6.45) is 3.04. The summed E-state index contributed by atoms with van der Waals surface area (Å²) >= 11 is 0. The summed E-state index contributed by atoms with van der Waals surface area (Å²) in [4.78, 5) is 23.2. The number of benzene rings is 1. The Morgan fingerprint density at radius 2 is 2.00 bits per heavy atom. The minimum Gasteiger partial charge on any atom is -0.506 e. The number of aromatic nitrogens is 6. The van der Waals surface area contributed by atoms with E-state index in [1.54, 1.807) is 18.3 Å². The molecule has 3 N–H and O–H groups in total. The maximum atomic E-state index is 11.9. The molecule has 0 saturated heterocycles. The molecule has 0 aliphatic rings. The van der Waals surface area contributed by atoms with E-state index < -0.39 is 5.78 Å². The molecule has 9 nitrogen and oxygen atoms in total. The maximum Gasteiger partial charge on any atom is 0.244 e. The molecule has 3 aromatic rings. The van der Waals surface area contributed by atoms with Crippen LogP contribution in [0.5, 0.6) is 0 Å². The van der Waals surface area contributed by atoms with Crippen LogP contribution in [-0.4, -0.2) is 47.5 Å². The van der Waals surface area contributed by atoms with Gasteiger partial charge < -0.3 is 5.11 Å². The lowest BCUT2D eigenvalue weighted by Crippen LogP contribution is -2.01. The van der Waals surface area contributed by atoms with Crippen molar-refractivity contribution < 1.29 is 14.7 Å². The van der Waals surface area contributed by atoms with Gasteiger partial charge in [-0.3, -0.25) is 14.7 Å². The van der Waals surface area contributed by atoms with E-state index in [0.717, 1.165) is 11.6 Å². The third-order valence-electron chi connectivity index (χ3n) is 3.56. The molecule has 0 aliphatic heterocycles. The minimum absolute atomic E-state index is 0.00361. The molecule has 0 radical (unpaired) electrons. The summed E-state index contributed by atoms with van der Waals surface area (Å²) in [6.45, 7) is 1.51. The molecule has 0 atom stereocenters. The van der Waals surface area contributed by atoms with Gasteiger partial charge in [0.1, 0.15) is 11.5 Å². The van der Waals surface area contributed by atoms with Crippen molar-refractivity contribution in [2.24, 2.45) is 0 Å². The molecule has 126 valence electrons. The molecule has 9 heteroatoms. The minimum atomic E-state index is -0.586. The Balaban J connectivity index is 1.80. The topological polar surface area (TPSA) is 138 Å². The van der Waals surface area contributed by atoms with Crippen molar-refractivity contribution in [1.29, 1.82) is 0 Å². The number of nitrogens with one attached hydrogen (secondary N) is 2. The number of Topliss-reactive ketones (excluding diaryl/α,β-unsaturated/α-hetero) is 1. The smallest absolute Gasteiger partial charge is 0.244 e. The lowest BCUT2D eigenvalue weighted by Gasteiger charge is -2.04. The van der Waals surface area contributed by atoms with Gasteiger partial charge in [0.2, 0.25) is 11.6 Å². The molecule has 0 bridgehead atoms. The number of aliphatic hydroxyl groups excluding tert-OH is 1. The average Bonchev–Trinajstić information content (AvgIpc) is 3.27. The van der Waals surface area contributed by atoms with Crippen molar-refractivity contribution in [2.45, 2.75) is 13.3 Å². The van der Waals surface area contributed by atoms with E-state index >= 15 is 0 Å². The SMILES string of the molecule is CC(=O)c1ccc(Cc2cn[nH]c2C(O)=CC(=O)c2nn[nH]n2)cc1. The standard InChI is InChI=1S/C16H14N6O3/c1-9(23)11-4-2-10(3-5-11)6-12-8-17-18-15(12)13(24)7-14(25)16-19-21-22-20-16/h2-5,7-8,24H,6H2,1H3,(H,17,18)(H,19,20,21,22). The fourth-order valence-electron chi connectivity index (χ4n) is 2.27. The second-order valence-electron chi connectivity index (χ2n) is 5.33. The van der Waals surface area contributed by atoms with E-state index in [4.69, 9.17) is 0 Å². The Labute approximate surface area is 141 Å². The number of allylic oxidation sites excluding steroid dienone is 1. The van der Waals surface area contributed by atoms with Gasteiger partial charge in [0, 0.05) is 23.6 Å². The van der Waals surface area contributed by atoms with Gasteiger partial charge in [-0.05, 0) is 17.7 Å². The first-order valence-electron chi connectivity index (χ1n) is 7.35. The van der Waals surface area contributed by atoms with Crippen LogP contribution in [-0.2, 0) is 6.42 Å². The summed E-state index contributed by atoms with van der Waals surface area (Å²) in [5, 5.41) is 29.4. The van der Waals surface area contributed by atoms with Crippen LogP contribution in [0.4, 0.5) is 0 Å². The van der Waals surface area contributed by atoms with Crippen molar-refractivity contribution >= 4 is 17.3 Å². The van der Waals surface area contributed by atoms with E-state index in [2.05, 4.69) is 30.8 Å². The zero-order chi connectivity index (χ0) is 17.8. The first-order valence-corrected chi connectivity index (χ1v) is 7.35. The number of nitrogens with zero attached hydrogens (tertiary/aromatic N) is 4. The fraction of sp³-hybridized carbons (Fsp3) is 0.125. The molecule has 0 spiro atoms. The van der Waals surface area contributed by atoms with Gasteiger partial charge in [-0.2, -0.15) is 10.3 Å². The van der Waals surface area contributed by atoms with Gasteiger partial charge >= 0.3 is 0 Å². The summed E-state index contributed by atoms with van der Waals surface area (Å²) < 4.78 is 0. The lowest BCUT2D eigenvalue weighted by atomic mass is 10.0. The maximum absolute atomic E-state index is 11.9. The summed E-state index contributed by atoms with van der Waals surface area (Å²) in [6, 6.07) is 7.15. The van der Waals surface area contributed by atoms with Gasteiger partial charge in [-0.15, -0.1) is 10.2 Å². The molecule has 25 heavy (non-hydrogen) atoms. The Hall–Kier alpha value is -3.62. The van der Waals surface area contributed by atoms with E-state index in [1.165, 1.54) is 6.92 Å². The summed E-state index contributed by atoms with van der Waals surface area (Å²) in [7, 11) is 0. The normalized spacial score (nSPS) is 11.5. The molecule has 0 fully saturated rings. The quantitative estimate of drug-likeness (QED) is 0.352. The van der Waals surface area contributed by atoms with E-state index in [0.29, 0.717) is 23.2 Å². The number of ketones is 2. The molecular weight excluding hydrogens is 324 g/mol. The van der Waals surface area contributed by atoms with Gasteiger partial charge in [-0.25, -0.2) is 0 Å². The second-order valence-corrected chi connectivity index (χ2v) is 5.33. The summed E-state index contributed by atoms with van der Waals surface area (Å²) in [5.41, 5.74) is 2.59. The van der Waals surface area contributed by atoms with Crippen LogP contribution in [0.1, 0.15) is 44.7 Å². The van der Waals surface area contributed by atoms with Crippen molar-refractivity contribution in [3.63, 3.8) is 0 Å². The Morgan fingerprint density at radius 3 is 2.64 bits per heavy atom. The van der Waals surface area contributed by atoms with Crippen LogP contribution in [0, 0.1) is 0 Å². The summed E-state index contributed by atoms with van der Waals surface area (Å²) in [5.74, 6) is -1.01. The zero-order valence-electron chi connectivity index (χ0n) is 13.2. The molecule has 0 unspecified atom stereocenters. The predicted octanol–water partition coefficient (Wildman–Crippen LogP) is 1.50. The molecule has 0 amide bonds. The van der Waals surface area contributed by atoms with Crippen LogP contribution < -0.4 is 0 Å². The number of carbonyl (C=O) groups is 2. The van der Waals surface area contributed by atoms with Gasteiger partial charge in [0.05, 0.1) is 6.20 Å². The highest BCUT2D eigenvalue weighted by atomic mass is 16.3. The van der Waals surface area contributed by atoms with Crippen molar-refractivity contribution in [3.8, 4) is 0 Å². The average molecular weight is 338 g/mol. The number of aliphatic hydroxyl groups is 1. The molecule has 1 aromatic carbocycles. The molecule has 3 rings (SSSR count). The first kappa shape index (κ1) is 16.2. The highest BCUT2D eigenvalue weighted by molar-refractivity contribution is 6.05. The Kier molecular flexibility index (Phi) is 4.46. The molecule has 2 aromatic heterocycles. The molecule has 2 heterocycles. The van der Waals surface area contributed by atoms with Crippen LogP contribution in [0.25, 0.3) is 5.76 Å². The lowest BCUT2D eigenvalue weighted by molar-refractivity contribution is 0.101. The predicted molar refractivity (Wildman–Crippen MR) is 87.0 cm³/mol. The van der Waals surface area contributed by atoms with E-state index in [1.807, 2.05) is 12.1 Å². The fourth-order valence-corrected chi connectivity index (χ4v) is 2.27. The zero-order valence-corrected chi connectivity index (χ0v) is 13.2. The first-order chi connectivity index (χ1) is 12.0. The van der Waals surface area contributed by atoms with Gasteiger partial charge in [0.15, 0.2) is 5.78 Å². The number of hydrogen-bond donors (Lipinski definition) is 3. The Morgan fingerprint density at radius 1 is 1.24 bits per heavy atom. The van der Waals surface area contributed by atoms with Crippen molar-refractivity contribution in [2.75, 3.05) is 0 Å². The number of rotatable bonds is 6. The molecule has 0 saturated carbocycles. The number of tetrazole rings is 1. The molecular formula is C16H14N6O3. The number of aromatic amines is 2. The van der Waals surface area contributed by atoms with Gasteiger partial charge in [-0.1, -0.05) is 24.3 Å². The van der Waals surface area contributed by atoms with Crippen LogP contribution in [0.3, 0.4) is 0 Å². The second kappa shape index (κ2) is 6.87. The third-order valence-corrected chi connectivity index (χ3v) is 3.56. The highest BCUT2D eigenvalue weighted by Gasteiger charge is 2.14. The van der Waals surface area contributed by atoms with Crippen molar-refractivity contribution in [3.05, 3.63) is 64.7 Å². The van der Waals surface area contributed by atoms with Crippen LogP contribution in [0.2, 0.25) is 0 Å². The molecule has 0 aliphatic carbocycles. The van der Waals surface area contributed by atoms with Crippen LogP contribution >= 0.6 is 0 Å². The monoisotopic (exact) mass is 338 g/mol. The number of carbonyl (C=O) groups excluding carboxylic acids is 2. The van der Waals surface area contributed by atoms with E-state index in [9.17, 15) is 14.7 Å². The number of hydrogen-bond acceptors (Lipinski definition) is 7. The highest BCUT2D eigenvalue weighted by Crippen LogP contribution is 2.18. The van der Waals surface area contributed by atoms with Crippen LogP contribution in [0.15, 0.2) is 36.5 Å². The van der Waals surface area contributed by atoms with E-state index in [-0.39, 0.29) is 17.4 Å². The largest absolute Gasteiger partial charge is 0.506 e. The Bertz CT molecular complexity index is 925.